The third kappa shape index (κ3) is 2.23. The normalized spacial score (nSPS) is 10.9. The zero-order valence-electron chi connectivity index (χ0n) is 6.55. The summed E-state index contributed by atoms with van der Waals surface area (Å²) in [5, 5.41) is 0. The average Bonchev–Trinajstić information content (AvgIpc) is 2.05. The number of hydrogen-bond donors (Lipinski definition) is 1. The van der Waals surface area contributed by atoms with E-state index < -0.39 is 0 Å². The van der Waals surface area contributed by atoms with Crippen molar-refractivity contribution in [3.05, 3.63) is 36.3 Å². The van der Waals surface area contributed by atoms with Crippen LogP contribution in [0.3, 0.4) is 0 Å². The minimum atomic E-state index is 0.399. The molecule has 2 nitrogen and oxygen atoms in total. The van der Waals surface area contributed by atoms with E-state index >= 15 is 0 Å². The second-order valence-electron chi connectivity index (χ2n) is 1.82. The standard InChI is InChI=1S/C9H11NO/c1-5-7(3)9(11-4)8(10)6-2/h1,6H,2-3,10H2,4H3/b9-8-. The highest BCUT2D eigenvalue weighted by Crippen LogP contribution is 2.10. The Morgan fingerprint density at radius 2 is 2.27 bits per heavy atom. The predicted molar refractivity (Wildman–Crippen MR) is 46.4 cm³/mol. The van der Waals surface area contributed by atoms with Gasteiger partial charge in [0.25, 0.3) is 0 Å². The van der Waals surface area contributed by atoms with Crippen LogP contribution in [-0.4, -0.2) is 7.11 Å². The minimum absolute atomic E-state index is 0.399. The number of allylic oxidation sites excluding steroid dienone is 2. The highest BCUT2D eigenvalue weighted by molar-refractivity contribution is 5.42. The Balaban J connectivity index is 4.83. The van der Waals surface area contributed by atoms with Crippen molar-refractivity contribution in [1.82, 2.24) is 0 Å². The molecule has 0 amide bonds. The molecule has 2 heteroatoms. The van der Waals surface area contributed by atoms with Crippen LogP contribution in [-0.2, 0) is 4.74 Å². The van der Waals surface area contributed by atoms with E-state index in [1.165, 1.54) is 13.2 Å². The summed E-state index contributed by atoms with van der Waals surface area (Å²) >= 11 is 0. The number of rotatable bonds is 3. The molecule has 0 rings (SSSR count). The van der Waals surface area contributed by atoms with Gasteiger partial charge in [0, 0.05) is 0 Å². The van der Waals surface area contributed by atoms with Crippen LogP contribution in [0.15, 0.2) is 36.3 Å². The molecule has 0 saturated carbocycles. The van der Waals surface area contributed by atoms with Crippen LogP contribution in [0.25, 0.3) is 0 Å². The summed E-state index contributed by atoms with van der Waals surface area (Å²) < 4.78 is 4.90. The molecule has 0 aliphatic carbocycles. The van der Waals surface area contributed by atoms with Gasteiger partial charge in [-0.2, -0.15) is 0 Å². The van der Waals surface area contributed by atoms with E-state index in [1.54, 1.807) is 0 Å². The lowest BCUT2D eigenvalue weighted by Gasteiger charge is -2.05. The third-order valence-corrected chi connectivity index (χ3v) is 1.13. The van der Waals surface area contributed by atoms with Crippen LogP contribution in [0.5, 0.6) is 0 Å². The van der Waals surface area contributed by atoms with E-state index in [9.17, 15) is 0 Å². The Bertz CT molecular complexity index is 243. The fourth-order valence-electron chi connectivity index (χ4n) is 0.574. The lowest BCUT2D eigenvalue weighted by atomic mass is 10.2. The molecule has 0 unspecified atom stereocenters. The first kappa shape index (κ1) is 9.38. The molecule has 11 heavy (non-hydrogen) atoms. The smallest absolute Gasteiger partial charge is 0.156 e. The van der Waals surface area contributed by atoms with Gasteiger partial charge in [-0.3, -0.25) is 0 Å². The Kier molecular flexibility index (Phi) is 3.61. The van der Waals surface area contributed by atoms with E-state index in [2.05, 4.69) is 19.1 Å². The van der Waals surface area contributed by atoms with Gasteiger partial charge in [0.1, 0.15) is 0 Å². The van der Waals surface area contributed by atoms with Gasteiger partial charge in [0.2, 0.25) is 0 Å². The molecule has 0 aliphatic rings. The van der Waals surface area contributed by atoms with E-state index in [4.69, 9.17) is 16.9 Å². The van der Waals surface area contributed by atoms with Gasteiger partial charge >= 0.3 is 0 Å². The van der Waals surface area contributed by atoms with Gasteiger partial charge in [-0.05, 0) is 6.08 Å². The molecule has 0 bridgehead atoms. The van der Waals surface area contributed by atoms with Crippen LogP contribution in [0, 0.1) is 12.3 Å². The summed E-state index contributed by atoms with van der Waals surface area (Å²) in [6.45, 7) is 7.04. The molecule has 0 heterocycles. The van der Waals surface area contributed by atoms with Crippen LogP contribution >= 0.6 is 0 Å². The Labute approximate surface area is 67.0 Å². The first-order valence-corrected chi connectivity index (χ1v) is 2.99. The molecular weight excluding hydrogens is 138 g/mol. The van der Waals surface area contributed by atoms with Gasteiger partial charge in [0.05, 0.1) is 18.4 Å². The second-order valence-corrected chi connectivity index (χ2v) is 1.82. The van der Waals surface area contributed by atoms with Crippen molar-refractivity contribution in [3.8, 4) is 12.3 Å². The van der Waals surface area contributed by atoms with Crippen molar-refractivity contribution in [2.24, 2.45) is 5.73 Å². The fourth-order valence-corrected chi connectivity index (χ4v) is 0.574. The maximum absolute atomic E-state index is 5.48. The van der Waals surface area contributed by atoms with Crippen molar-refractivity contribution in [2.45, 2.75) is 0 Å². The lowest BCUT2D eigenvalue weighted by Crippen LogP contribution is -2.02. The van der Waals surface area contributed by atoms with Crippen molar-refractivity contribution in [2.75, 3.05) is 7.11 Å². The molecule has 0 aromatic heterocycles. The third-order valence-electron chi connectivity index (χ3n) is 1.13. The van der Waals surface area contributed by atoms with Crippen LogP contribution in [0.4, 0.5) is 0 Å². The molecule has 0 aliphatic heterocycles. The molecule has 0 radical (unpaired) electrons. The van der Waals surface area contributed by atoms with Gasteiger partial charge < -0.3 is 10.5 Å². The molecule has 2 N–H and O–H groups in total. The van der Waals surface area contributed by atoms with Gasteiger partial charge in [0.15, 0.2) is 5.76 Å². The Morgan fingerprint density at radius 1 is 1.73 bits per heavy atom. The second kappa shape index (κ2) is 4.24. The zero-order chi connectivity index (χ0) is 8.85. The maximum atomic E-state index is 5.48. The number of methoxy groups -OCH3 is 1. The summed E-state index contributed by atoms with van der Waals surface area (Å²) in [4.78, 5) is 0. The largest absolute Gasteiger partial charge is 0.493 e. The summed E-state index contributed by atoms with van der Waals surface area (Å²) in [5.41, 5.74) is 6.30. The summed E-state index contributed by atoms with van der Waals surface area (Å²) in [7, 11) is 1.48. The number of ether oxygens (including phenoxy) is 1. The first-order valence-electron chi connectivity index (χ1n) is 2.99. The summed E-state index contributed by atoms with van der Waals surface area (Å²) in [6, 6.07) is 0. The quantitative estimate of drug-likeness (QED) is 0.371. The minimum Gasteiger partial charge on any atom is -0.493 e. The molecule has 0 aromatic carbocycles. The number of hydrogen-bond acceptors (Lipinski definition) is 2. The molecule has 0 spiro atoms. The van der Waals surface area contributed by atoms with E-state index in [0.29, 0.717) is 17.0 Å². The number of terminal acetylenes is 1. The highest BCUT2D eigenvalue weighted by atomic mass is 16.5. The number of nitrogens with two attached hydrogens (primary N) is 1. The van der Waals surface area contributed by atoms with E-state index in [-0.39, 0.29) is 0 Å². The van der Waals surface area contributed by atoms with Crippen LogP contribution in [0.1, 0.15) is 0 Å². The average molecular weight is 149 g/mol. The van der Waals surface area contributed by atoms with Crippen LogP contribution < -0.4 is 5.73 Å². The zero-order valence-corrected chi connectivity index (χ0v) is 6.55. The topological polar surface area (TPSA) is 35.2 Å². The predicted octanol–water partition coefficient (Wildman–Crippen LogP) is 1.18. The van der Waals surface area contributed by atoms with E-state index in [1.807, 2.05) is 0 Å². The SMILES string of the molecule is C#CC(=C)/C(OC)=C(/N)C=C. The monoisotopic (exact) mass is 149 g/mol. The maximum Gasteiger partial charge on any atom is 0.156 e. The summed E-state index contributed by atoms with van der Waals surface area (Å²) in [5.74, 6) is 2.73. The molecular formula is C9H11NO. The lowest BCUT2D eigenvalue weighted by molar-refractivity contribution is 0.300. The molecule has 0 atom stereocenters. The van der Waals surface area contributed by atoms with Crippen molar-refractivity contribution < 1.29 is 4.74 Å². The molecule has 58 valence electrons. The van der Waals surface area contributed by atoms with Crippen molar-refractivity contribution in [3.63, 3.8) is 0 Å². The van der Waals surface area contributed by atoms with Gasteiger partial charge in [-0.15, -0.1) is 6.42 Å². The summed E-state index contributed by atoms with van der Waals surface area (Å²) in [6.07, 6.45) is 6.55. The Hall–Kier alpha value is -1.62. The van der Waals surface area contributed by atoms with Crippen molar-refractivity contribution >= 4 is 0 Å². The van der Waals surface area contributed by atoms with Gasteiger partial charge in [-0.25, -0.2) is 0 Å². The Morgan fingerprint density at radius 3 is 2.55 bits per heavy atom. The van der Waals surface area contributed by atoms with Gasteiger partial charge in [-0.1, -0.05) is 19.1 Å². The molecule has 0 aromatic rings. The van der Waals surface area contributed by atoms with Crippen molar-refractivity contribution in [1.29, 1.82) is 0 Å². The van der Waals surface area contributed by atoms with Crippen LogP contribution in [0.2, 0.25) is 0 Å². The van der Waals surface area contributed by atoms with E-state index in [0.717, 1.165) is 0 Å². The first-order chi connectivity index (χ1) is 5.17. The fraction of sp³-hybridized carbons (Fsp3) is 0.111. The molecule has 0 fully saturated rings. The highest BCUT2D eigenvalue weighted by Gasteiger charge is 2.02. The molecule has 0 saturated heterocycles.